The summed E-state index contributed by atoms with van der Waals surface area (Å²) in [4.78, 5) is 14.5. The van der Waals surface area contributed by atoms with Crippen LogP contribution in [0.5, 0.6) is 0 Å². The maximum Gasteiger partial charge on any atom is 0.223 e. The Labute approximate surface area is 115 Å². The van der Waals surface area contributed by atoms with Crippen LogP contribution in [0.4, 0.5) is 0 Å². The van der Waals surface area contributed by atoms with Crippen LogP contribution in [0.1, 0.15) is 50.4 Å². The Kier molecular flexibility index (Phi) is 3.63. The monoisotopic (exact) mass is 261 g/mol. The first kappa shape index (κ1) is 12.8. The van der Waals surface area contributed by atoms with Gasteiger partial charge >= 0.3 is 0 Å². The van der Waals surface area contributed by atoms with Crippen molar-refractivity contribution in [2.24, 2.45) is 11.8 Å². The Balaban J connectivity index is 1.63. The van der Waals surface area contributed by atoms with Gasteiger partial charge < -0.3 is 9.32 Å². The number of nitrogens with zero attached hydrogens (tertiary/aromatic N) is 1. The maximum absolute atomic E-state index is 12.5. The van der Waals surface area contributed by atoms with Crippen LogP contribution < -0.4 is 0 Å². The number of fused-ring (bicyclic) bond motifs is 1. The molecule has 0 radical (unpaired) electrons. The fraction of sp³-hybridized carbons (Fsp3) is 0.688. The molecule has 19 heavy (non-hydrogen) atoms. The van der Waals surface area contributed by atoms with Gasteiger partial charge in [-0.15, -0.1) is 0 Å². The Morgan fingerprint density at radius 1 is 1.42 bits per heavy atom. The van der Waals surface area contributed by atoms with E-state index in [1.807, 2.05) is 11.0 Å². The van der Waals surface area contributed by atoms with E-state index in [2.05, 4.69) is 6.92 Å². The number of carbonyl (C=O) groups is 1. The third-order valence-corrected chi connectivity index (χ3v) is 4.86. The smallest absolute Gasteiger partial charge is 0.223 e. The molecule has 1 aromatic heterocycles. The number of hydrogen-bond acceptors (Lipinski definition) is 2. The van der Waals surface area contributed by atoms with Crippen LogP contribution in [0.15, 0.2) is 16.7 Å². The first-order valence-corrected chi connectivity index (χ1v) is 7.57. The Hall–Kier alpha value is -1.25. The van der Waals surface area contributed by atoms with Crippen LogP contribution >= 0.6 is 0 Å². The molecule has 0 saturated heterocycles. The van der Waals surface area contributed by atoms with Gasteiger partial charge in [0.15, 0.2) is 0 Å². The van der Waals surface area contributed by atoms with Gasteiger partial charge in [-0.3, -0.25) is 4.79 Å². The largest absolute Gasteiger partial charge is 0.469 e. The molecule has 2 atom stereocenters. The topological polar surface area (TPSA) is 33.5 Å². The lowest BCUT2D eigenvalue weighted by Crippen LogP contribution is -2.32. The van der Waals surface area contributed by atoms with Crippen LogP contribution in [-0.4, -0.2) is 17.4 Å². The van der Waals surface area contributed by atoms with E-state index in [9.17, 15) is 4.79 Å². The summed E-state index contributed by atoms with van der Waals surface area (Å²) in [6.07, 6.45) is 8.30. The van der Waals surface area contributed by atoms with Crippen molar-refractivity contribution in [1.29, 1.82) is 0 Å². The molecule has 3 nitrogen and oxygen atoms in total. The minimum atomic E-state index is 0.341. The summed E-state index contributed by atoms with van der Waals surface area (Å²) >= 11 is 0. The predicted molar refractivity (Wildman–Crippen MR) is 73.6 cm³/mol. The number of amides is 1. The molecule has 1 saturated carbocycles. The van der Waals surface area contributed by atoms with E-state index in [0.29, 0.717) is 11.8 Å². The van der Waals surface area contributed by atoms with E-state index in [4.69, 9.17) is 4.42 Å². The van der Waals surface area contributed by atoms with Crippen molar-refractivity contribution < 1.29 is 9.21 Å². The van der Waals surface area contributed by atoms with Gasteiger partial charge in [0.25, 0.3) is 0 Å². The zero-order chi connectivity index (χ0) is 13.2. The molecule has 1 aliphatic heterocycles. The van der Waals surface area contributed by atoms with Gasteiger partial charge in [-0.25, -0.2) is 0 Å². The fourth-order valence-electron chi connectivity index (χ4n) is 3.53. The van der Waals surface area contributed by atoms with Crippen molar-refractivity contribution in [2.45, 2.75) is 52.0 Å². The van der Waals surface area contributed by atoms with Crippen molar-refractivity contribution in [2.75, 3.05) is 6.54 Å². The van der Waals surface area contributed by atoms with Crippen molar-refractivity contribution in [1.82, 2.24) is 4.90 Å². The molecular weight excluding hydrogens is 238 g/mol. The van der Waals surface area contributed by atoms with E-state index in [1.54, 1.807) is 6.26 Å². The fourth-order valence-corrected chi connectivity index (χ4v) is 3.53. The highest BCUT2D eigenvalue weighted by Crippen LogP contribution is 2.34. The van der Waals surface area contributed by atoms with Crippen LogP contribution in [0.3, 0.4) is 0 Å². The minimum absolute atomic E-state index is 0.341. The van der Waals surface area contributed by atoms with Crippen molar-refractivity contribution in [3.8, 4) is 0 Å². The lowest BCUT2D eigenvalue weighted by Gasteiger charge is -2.23. The van der Waals surface area contributed by atoms with Crippen LogP contribution in [0.25, 0.3) is 0 Å². The molecular formula is C16H23NO2. The molecule has 3 rings (SSSR count). The average molecular weight is 261 g/mol. The zero-order valence-electron chi connectivity index (χ0n) is 11.7. The van der Waals surface area contributed by atoms with Gasteiger partial charge in [0.2, 0.25) is 5.91 Å². The average Bonchev–Trinajstić information content (AvgIpc) is 2.94. The normalized spacial score (nSPS) is 27.1. The molecule has 1 aliphatic carbocycles. The quantitative estimate of drug-likeness (QED) is 0.817. The number of aryl methyl sites for hydroxylation is 1. The first-order chi connectivity index (χ1) is 9.24. The summed E-state index contributed by atoms with van der Waals surface area (Å²) in [5.41, 5.74) is 1.20. The molecule has 2 unspecified atom stereocenters. The summed E-state index contributed by atoms with van der Waals surface area (Å²) in [6.45, 7) is 3.91. The van der Waals surface area contributed by atoms with Gasteiger partial charge in [-0.2, -0.15) is 0 Å². The van der Waals surface area contributed by atoms with Gasteiger partial charge in [0.1, 0.15) is 5.76 Å². The van der Waals surface area contributed by atoms with E-state index in [1.165, 1.54) is 24.8 Å². The second-order valence-electron chi connectivity index (χ2n) is 6.16. The second-order valence-corrected chi connectivity index (χ2v) is 6.16. The molecule has 1 aromatic rings. The first-order valence-electron chi connectivity index (χ1n) is 7.57. The number of carbonyl (C=O) groups excluding carboxylic acids is 1. The van der Waals surface area contributed by atoms with E-state index < -0.39 is 0 Å². The minimum Gasteiger partial charge on any atom is -0.469 e. The zero-order valence-corrected chi connectivity index (χ0v) is 11.7. The summed E-state index contributed by atoms with van der Waals surface area (Å²) in [5.74, 6) is 2.75. The van der Waals surface area contributed by atoms with Crippen molar-refractivity contribution >= 4 is 5.91 Å². The summed E-state index contributed by atoms with van der Waals surface area (Å²) in [6, 6.07) is 2.01. The van der Waals surface area contributed by atoms with E-state index in [0.717, 1.165) is 44.0 Å². The maximum atomic E-state index is 12.5. The number of rotatable bonds is 2. The van der Waals surface area contributed by atoms with Crippen molar-refractivity contribution in [3.63, 3.8) is 0 Å². The summed E-state index contributed by atoms with van der Waals surface area (Å²) in [7, 11) is 0. The highest BCUT2D eigenvalue weighted by molar-refractivity contribution is 5.76. The molecule has 1 amide bonds. The van der Waals surface area contributed by atoms with E-state index in [-0.39, 0.29) is 0 Å². The lowest BCUT2D eigenvalue weighted by atomic mass is 9.94. The third kappa shape index (κ3) is 2.70. The van der Waals surface area contributed by atoms with Gasteiger partial charge in [0, 0.05) is 31.5 Å². The predicted octanol–water partition coefficient (Wildman–Crippen LogP) is 3.38. The van der Waals surface area contributed by atoms with E-state index >= 15 is 0 Å². The van der Waals surface area contributed by atoms with Crippen LogP contribution in [0, 0.1) is 11.8 Å². The van der Waals surface area contributed by atoms with Gasteiger partial charge in [-0.1, -0.05) is 19.8 Å². The molecule has 3 heteroatoms. The molecule has 104 valence electrons. The molecule has 0 spiro atoms. The number of furan rings is 1. The Bertz CT molecular complexity index is 451. The third-order valence-electron chi connectivity index (χ3n) is 4.86. The highest BCUT2D eigenvalue weighted by atomic mass is 16.3. The second kappa shape index (κ2) is 5.40. The molecule has 1 fully saturated rings. The Morgan fingerprint density at radius 3 is 3.11 bits per heavy atom. The van der Waals surface area contributed by atoms with Gasteiger partial charge in [0.05, 0.1) is 6.26 Å². The highest BCUT2D eigenvalue weighted by Gasteiger charge is 2.28. The molecule has 0 bridgehead atoms. The number of hydrogen-bond donors (Lipinski definition) is 0. The SMILES string of the molecule is CC1CCCC1CC(=O)N1CCCc2occc2C1. The lowest BCUT2D eigenvalue weighted by molar-refractivity contribution is -0.133. The summed E-state index contributed by atoms with van der Waals surface area (Å²) < 4.78 is 5.48. The molecule has 0 aromatic carbocycles. The van der Waals surface area contributed by atoms with Gasteiger partial charge in [-0.05, 0) is 30.7 Å². The van der Waals surface area contributed by atoms with Crippen molar-refractivity contribution in [3.05, 3.63) is 23.7 Å². The molecule has 2 heterocycles. The molecule has 0 N–H and O–H groups in total. The standard InChI is InChI=1S/C16H23NO2/c1-12-4-2-5-13(12)10-16(18)17-8-3-6-15-14(11-17)7-9-19-15/h7,9,12-13H,2-6,8,10-11H2,1H3. The summed E-state index contributed by atoms with van der Waals surface area (Å²) in [5, 5.41) is 0. The van der Waals surface area contributed by atoms with Crippen LogP contribution in [-0.2, 0) is 17.8 Å². The van der Waals surface area contributed by atoms with Crippen LogP contribution in [0.2, 0.25) is 0 Å². The Morgan fingerprint density at radius 2 is 2.32 bits per heavy atom. The molecule has 2 aliphatic rings.